The molecule has 0 saturated carbocycles. The van der Waals surface area contributed by atoms with Gasteiger partial charge in [-0.05, 0) is 6.92 Å². The van der Waals surface area contributed by atoms with Gasteiger partial charge in [-0.2, -0.15) is 4.39 Å². The maximum atomic E-state index is 12.7. The summed E-state index contributed by atoms with van der Waals surface area (Å²) in [5.74, 6) is -0.971. The van der Waals surface area contributed by atoms with Crippen LogP contribution in [0.3, 0.4) is 0 Å². The van der Waals surface area contributed by atoms with Crippen molar-refractivity contribution in [3.8, 4) is 0 Å². The van der Waals surface area contributed by atoms with E-state index in [1.165, 1.54) is 0 Å². The van der Waals surface area contributed by atoms with E-state index in [4.69, 9.17) is 0 Å². The second-order valence-electron chi connectivity index (χ2n) is 2.46. The predicted octanol–water partition coefficient (Wildman–Crippen LogP) is 2.28. The van der Waals surface area contributed by atoms with Gasteiger partial charge in [0.2, 0.25) is 5.95 Å². The van der Waals surface area contributed by atoms with Gasteiger partial charge in [-0.3, -0.25) is 4.79 Å². The molecule has 0 amide bonds. The van der Waals surface area contributed by atoms with Crippen LogP contribution in [0.15, 0.2) is 6.20 Å². The van der Waals surface area contributed by atoms with Gasteiger partial charge in [-0.1, -0.05) is 0 Å². The number of halogens is 3. The molecule has 2 nitrogen and oxygen atoms in total. The average Bonchev–Trinajstić information content (AvgIpc) is 2.08. The first kappa shape index (κ1) is 9.70. The third-order valence-corrected chi connectivity index (χ3v) is 1.69. The smallest absolute Gasteiger partial charge is 0.265 e. The van der Waals surface area contributed by atoms with Crippen molar-refractivity contribution in [3.63, 3.8) is 0 Å². The van der Waals surface area contributed by atoms with Crippen molar-refractivity contribution in [2.45, 2.75) is 13.3 Å². The molecule has 0 radical (unpaired) electrons. The predicted molar refractivity (Wildman–Crippen MR) is 39.3 cm³/mol. The molecule has 0 aliphatic heterocycles. The van der Waals surface area contributed by atoms with Crippen molar-refractivity contribution in [1.29, 1.82) is 0 Å². The number of hydrogen-bond donors (Lipinski definition) is 0. The normalized spacial score (nSPS) is 10.5. The molecule has 0 fully saturated rings. The minimum absolute atomic E-state index is 0.237. The van der Waals surface area contributed by atoms with Gasteiger partial charge in [-0.15, -0.1) is 0 Å². The Labute approximate surface area is 72.4 Å². The first-order valence-electron chi connectivity index (χ1n) is 3.46. The van der Waals surface area contributed by atoms with Gasteiger partial charge >= 0.3 is 0 Å². The van der Waals surface area contributed by atoms with Gasteiger partial charge in [-0.25, -0.2) is 13.8 Å². The van der Waals surface area contributed by atoms with Gasteiger partial charge in [0.05, 0.1) is 0 Å². The monoisotopic (exact) mass is 189 g/mol. The molecule has 13 heavy (non-hydrogen) atoms. The molecule has 1 heterocycles. The molecule has 0 bridgehead atoms. The molecule has 1 rings (SSSR count). The molecule has 0 saturated heterocycles. The van der Waals surface area contributed by atoms with Gasteiger partial charge in [0, 0.05) is 22.9 Å². The average molecular weight is 189 g/mol. The Hall–Kier alpha value is -1.39. The highest BCUT2D eigenvalue weighted by molar-refractivity contribution is 5.77. The molecule has 0 spiro atoms. The highest BCUT2D eigenvalue weighted by atomic mass is 19.3. The molecule has 0 aliphatic rings. The maximum absolute atomic E-state index is 12.7. The second kappa shape index (κ2) is 3.55. The third-order valence-electron chi connectivity index (χ3n) is 1.69. The molecule has 0 N–H and O–H groups in total. The largest absolute Gasteiger partial charge is 0.298 e. The van der Waals surface area contributed by atoms with Crippen molar-refractivity contribution >= 4 is 6.29 Å². The molecular weight excluding hydrogens is 183 g/mol. The zero-order valence-electron chi connectivity index (χ0n) is 6.72. The zero-order chi connectivity index (χ0) is 10.0. The van der Waals surface area contributed by atoms with Gasteiger partial charge in [0.15, 0.2) is 6.29 Å². The van der Waals surface area contributed by atoms with Crippen LogP contribution in [0, 0.1) is 12.9 Å². The van der Waals surface area contributed by atoms with Gasteiger partial charge < -0.3 is 0 Å². The minimum Gasteiger partial charge on any atom is -0.298 e. The number of hydrogen-bond acceptors (Lipinski definition) is 2. The van der Waals surface area contributed by atoms with E-state index in [1.807, 2.05) is 0 Å². The van der Waals surface area contributed by atoms with Crippen molar-refractivity contribution in [2.24, 2.45) is 0 Å². The summed E-state index contributed by atoms with van der Waals surface area (Å²) in [5.41, 5.74) is -1.13. The standard InChI is InChI=1S/C8H6F3NO/c1-4-6(7(9)10)5(3-13)2-12-8(4)11/h2-3,7H,1H3. The summed E-state index contributed by atoms with van der Waals surface area (Å²) in [7, 11) is 0. The summed E-state index contributed by atoms with van der Waals surface area (Å²) in [4.78, 5) is 13.5. The van der Waals surface area contributed by atoms with E-state index in [1.54, 1.807) is 0 Å². The number of aldehydes is 1. The number of alkyl halides is 2. The Balaban J connectivity index is 3.41. The maximum Gasteiger partial charge on any atom is 0.265 e. The quantitative estimate of drug-likeness (QED) is 0.527. The highest BCUT2D eigenvalue weighted by Gasteiger charge is 2.18. The summed E-state index contributed by atoms with van der Waals surface area (Å²) in [6.45, 7) is 1.16. The van der Waals surface area contributed by atoms with Crippen LogP contribution in [0.1, 0.15) is 27.9 Å². The van der Waals surface area contributed by atoms with E-state index < -0.39 is 17.9 Å². The third kappa shape index (κ3) is 1.68. The Kier molecular flexibility index (Phi) is 2.65. The van der Waals surface area contributed by atoms with Crippen molar-refractivity contribution in [3.05, 3.63) is 28.8 Å². The van der Waals surface area contributed by atoms with E-state index in [-0.39, 0.29) is 17.4 Å². The fourth-order valence-corrected chi connectivity index (χ4v) is 1.00. The van der Waals surface area contributed by atoms with Crippen molar-refractivity contribution < 1.29 is 18.0 Å². The highest BCUT2D eigenvalue weighted by Crippen LogP contribution is 2.25. The van der Waals surface area contributed by atoms with Crippen LogP contribution in [-0.2, 0) is 0 Å². The zero-order valence-corrected chi connectivity index (χ0v) is 6.72. The molecule has 0 aromatic carbocycles. The summed E-state index contributed by atoms with van der Waals surface area (Å²) in [6, 6.07) is 0. The Morgan fingerprint density at radius 1 is 1.54 bits per heavy atom. The van der Waals surface area contributed by atoms with E-state index in [0.29, 0.717) is 0 Å². The summed E-state index contributed by atoms with van der Waals surface area (Å²) < 4.78 is 37.3. The topological polar surface area (TPSA) is 30.0 Å². The van der Waals surface area contributed by atoms with E-state index in [0.717, 1.165) is 13.1 Å². The Morgan fingerprint density at radius 2 is 2.15 bits per heavy atom. The van der Waals surface area contributed by atoms with Crippen molar-refractivity contribution in [1.82, 2.24) is 4.98 Å². The minimum atomic E-state index is -2.86. The molecule has 1 aromatic rings. The van der Waals surface area contributed by atoms with E-state index in [9.17, 15) is 18.0 Å². The molecule has 5 heteroatoms. The summed E-state index contributed by atoms with van der Waals surface area (Å²) in [6.07, 6.45) is -1.82. The summed E-state index contributed by atoms with van der Waals surface area (Å²) in [5, 5.41) is 0. The number of pyridine rings is 1. The van der Waals surface area contributed by atoms with Crippen LogP contribution in [0.25, 0.3) is 0 Å². The lowest BCUT2D eigenvalue weighted by atomic mass is 10.1. The Morgan fingerprint density at radius 3 is 2.62 bits per heavy atom. The number of carbonyl (C=O) groups excluding carboxylic acids is 1. The molecule has 70 valence electrons. The SMILES string of the molecule is Cc1c(F)ncc(C=O)c1C(F)F. The van der Waals surface area contributed by atoms with Crippen LogP contribution in [0.2, 0.25) is 0 Å². The van der Waals surface area contributed by atoms with E-state index in [2.05, 4.69) is 4.98 Å². The molecule has 0 aliphatic carbocycles. The van der Waals surface area contributed by atoms with Crippen LogP contribution < -0.4 is 0 Å². The molecule has 0 atom stereocenters. The first-order valence-corrected chi connectivity index (χ1v) is 3.46. The second-order valence-corrected chi connectivity index (χ2v) is 2.46. The van der Waals surface area contributed by atoms with E-state index >= 15 is 0 Å². The lowest BCUT2D eigenvalue weighted by Gasteiger charge is -2.06. The van der Waals surface area contributed by atoms with Crippen molar-refractivity contribution in [2.75, 3.05) is 0 Å². The van der Waals surface area contributed by atoms with Crippen LogP contribution in [0.5, 0.6) is 0 Å². The van der Waals surface area contributed by atoms with Crippen LogP contribution in [0.4, 0.5) is 13.2 Å². The number of rotatable bonds is 2. The lowest BCUT2D eigenvalue weighted by molar-refractivity contribution is 0.110. The first-order chi connectivity index (χ1) is 6.07. The lowest BCUT2D eigenvalue weighted by Crippen LogP contribution is -2.02. The molecule has 1 aromatic heterocycles. The van der Waals surface area contributed by atoms with Gasteiger partial charge in [0.1, 0.15) is 0 Å². The molecule has 0 unspecified atom stereocenters. The van der Waals surface area contributed by atoms with Gasteiger partial charge in [0.25, 0.3) is 6.43 Å². The number of nitrogens with zero attached hydrogens (tertiary/aromatic N) is 1. The number of carbonyl (C=O) groups is 1. The fourth-order valence-electron chi connectivity index (χ4n) is 1.00. The number of aromatic nitrogens is 1. The van der Waals surface area contributed by atoms with Crippen LogP contribution in [-0.4, -0.2) is 11.3 Å². The van der Waals surface area contributed by atoms with Crippen LogP contribution >= 0.6 is 0 Å². The summed E-state index contributed by atoms with van der Waals surface area (Å²) >= 11 is 0. The fraction of sp³-hybridized carbons (Fsp3) is 0.250. The Bertz CT molecular complexity index is 338. The molecular formula is C8H6F3NO.